The van der Waals surface area contributed by atoms with Crippen molar-refractivity contribution in [3.63, 3.8) is 0 Å². The van der Waals surface area contributed by atoms with Gasteiger partial charge in [-0.2, -0.15) is 0 Å². The van der Waals surface area contributed by atoms with Crippen LogP contribution in [0.2, 0.25) is 0 Å². The number of imidazole rings is 1. The Bertz CT molecular complexity index is 575. The maximum absolute atomic E-state index is 5.72. The van der Waals surface area contributed by atoms with Crippen LogP contribution in [0.1, 0.15) is 58.3 Å². The topological polar surface area (TPSA) is 43.8 Å². The average Bonchev–Trinajstić information content (AvgIpc) is 2.75. The van der Waals surface area contributed by atoms with Gasteiger partial charge in [0.2, 0.25) is 0 Å². The third-order valence-corrected chi connectivity index (χ3v) is 3.70. The largest absolute Gasteiger partial charge is 0.326 e. The number of benzene rings is 1. The van der Waals surface area contributed by atoms with Crippen LogP contribution < -0.4 is 5.73 Å². The monoisotopic (exact) mass is 259 g/mol. The van der Waals surface area contributed by atoms with Crippen LogP contribution >= 0.6 is 0 Å². The first-order valence-electron chi connectivity index (χ1n) is 7.10. The molecule has 0 aliphatic heterocycles. The Morgan fingerprint density at radius 1 is 1.32 bits per heavy atom. The highest BCUT2D eigenvalue weighted by Crippen LogP contribution is 2.30. The Kier molecular flexibility index (Phi) is 3.68. The first-order chi connectivity index (χ1) is 8.88. The van der Waals surface area contributed by atoms with E-state index in [4.69, 9.17) is 10.7 Å². The van der Waals surface area contributed by atoms with E-state index in [1.54, 1.807) is 0 Å². The SMILES string of the molecule is CCC(C)c1nc2cc(CN)ccc2n1C(C)(C)C. The molecule has 2 rings (SSSR count). The molecule has 1 heterocycles. The Balaban J connectivity index is 2.73. The van der Waals surface area contributed by atoms with Gasteiger partial charge in [-0.25, -0.2) is 4.98 Å². The zero-order valence-corrected chi connectivity index (χ0v) is 12.7. The molecule has 0 fully saturated rings. The lowest BCUT2D eigenvalue weighted by atomic mass is 10.0. The summed E-state index contributed by atoms with van der Waals surface area (Å²) in [6.07, 6.45) is 1.10. The molecule has 1 unspecified atom stereocenters. The summed E-state index contributed by atoms with van der Waals surface area (Å²) >= 11 is 0. The summed E-state index contributed by atoms with van der Waals surface area (Å²) in [5, 5.41) is 0. The molecule has 3 heteroatoms. The molecule has 1 aromatic carbocycles. The molecular formula is C16H25N3. The van der Waals surface area contributed by atoms with E-state index in [9.17, 15) is 0 Å². The van der Waals surface area contributed by atoms with Crippen LogP contribution in [0.4, 0.5) is 0 Å². The number of hydrogen-bond donors (Lipinski definition) is 1. The Labute approximate surface area is 115 Å². The van der Waals surface area contributed by atoms with E-state index < -0.39 is 0 Å². The minimum Gasteiger partial charge on any atom is -0.326 e. The van der Waals surface area contributed by atoms with Crippen molar-refractivity contribution in [2.24, 2.45) is 5.73 Å². The lowest BCUT2D eigenvalue weighted by Gasteiger charge is -2.26. The average molecular weight is 259 g/mol. The van der Waals surface area contributed by atoms with Gasteiger partial charge in [0.25, 0.3) is 0 Å². The predicted octanol–water partition coefficient (Wildman–Crippen LogP) is 3.76. The highest BCUT2D eigenvalue weighted by atomic mass is 15.1. The van der Waals surface area contributed by atoms with Crippen molar-refractivity contribution in [2.75, 3.05) is 0 Å². The fourth-order valence-electron chi connectivity index (χ4n) is 2.49. The summed E-state index contributed by atoms with van der Waals surface area (Å²) < 4.78 is 2.37. The van der Waals surface area contributed by atoms with Crippen LogP contribution in [0.25, 0.3) is 11.0 Å². The molecule has 0 aliphatic rings. The zero-order valence-electron chi connectivity index (χ0n) is 12.7. The molecule has 0 amide bonds. The van der Waals surface area contributed by atoms with Crippen LogP contribution in [0.3, 0.4) is 0 Å². The van der Waals surface area contributed by atoms with E-state index in [2.05, 4.69) is 57.4 Å². The molecule has 3 nitrogen and oxygen atoms in total. The normalized spacial score (nSPS) is 14.0. The van der Waals surface area contributed by atoms with E-state index in [0.717, 1.165) is 17.5 Å². The van der Waals surface area contributed by atoms with Gasteiger partial charge in [-0.3, -0.25) is 0 Å². The lowest BCUT2D eigenvalue weighted by molar-refractivity contribution is 0.384. The Morgan fingerprint density at radius 3 is 2.53 bits per heavy atom. The number of fused-ring (bicyclic) bond motifs is 1. The van der Waals surface area contributed by atoms with E-state index in [0.29, 0.717) is 12.5 Å². The van der Waals surface area contributed by atoms with Crippen molar-refractivity contribution in [3.8, 4) is 0 Å². The van der Waals surface area contributed by atoms with Gasteiger partial charge in [0.05, 0.1) is 11.0 Å². The molecular weight excluding hydrogens is 234 g/mol. The van der Waals surface area contributed by atoms with Gasteiger partial charge in [-0.15, -0.1) is 0 Å². The maximum Gasteiger partial charge on any atom is 0.113 e. The van der Waals surface area contributed by atoms with Crippen LogP contribution in [0.15, 0.2) is 18.2 Å². The molecule has 0 saturated carbocycles. The molecule has 1 aromatic heterocycles. The van der Waals surface area contributed by atoms with E-state index in [1.807, 2.05) is 0 Å². The Morgan fingerprint density at radius 2 is 2.00 bits per heavy atom. The van der Waals surface area contributed by atoms with E-state index in [-0.39, 0.29) is 5.54 Å². The zero-order chi connectivity index (χ0) is 14.2. The van der Waals surface area contributed by atoms with Crippen molar-refractivity contribution in [2.45, 2.75) is 59.0 Å². The van der Waals surface area contributed by atoms with Gasteiger partial charge in [-0.1, -0.05) is 19.9 Å². The Hall–Kier alpha value is -1.35. The summed E-state index contributed by atoms with van der Waals surface area (Å²) in [5.41, 5.74) is 9.17. The highest BCUT2D eigenvalue weighted by molar-refractivity contribution is 5.77. The van der Waals surface area contributed by atoms with Crippen molar-refractivity contribution < 1.29 is 0 Å². The minimum absolute atomic E-state index is 0.0394. The van der Waals surface area contributed by atoms with Gasteiger partial charge in [0.1, 0.15) is 5.82 Å². The molecule has 104 valence electrons. The highest BCUT2D eigenvalue weighted by Gasteiger charge is 2.23. The van der Waals surface area contributed by atoms with E-state index >= 15 is 0 Å². The van der Waals surface area contributed by atoms with Gasteiger partial charge in [0.15, 0.2) is 0 Å². The smallest absolute Gasteiger partial charge is 0.113 e. The van der Waals surface area contributed by atoms with Gasteiger partial charge < -0.3 is 10.3 Å². The third kappa shape index (κ3) is 2.52. The van der Waals surface area contributed by atoms with Gasteiger partial charge in [0, 0.05) is 18.0 Å². The maximum atomic E-state index is 5.72. The van der Waals surface area contributed by atoms with Crippen LogP contribution in [0, 0.1) is 0 Å². The summed E-state index contributed by atoms with van der Waals surface area (Å²) in [6.45, 7) is 11.7. The number of nitrogens with zero attached hydrogens (tertiary/aromatic N) is 2. The molecule has 0 radical (unpaired) electrons. The predicted molar refractivity (Wildman–Crippen MR) is 81.3 cm³/mol. The minimum atomic E-state index is 0.0394. The lowest BCUT2D eigenvalue weighted by Crippen LogP contribution is -2.24. The first-order valence-corrected chi connectivity index (χ1v) is 7.10. The van der Waals surface area contributed by atoms with Crippen molar-refractivity contribution in [3.05, 3.63) is 29.6 Å². The second-order valence-corrected chi connectivity index (χ2v) is 6.31. The number of aromatic nitrogens is 2. The molecule has 2 N–H and O–H groups in total. The molecule has 0 aliphatic carbocycles. The molecule has 0 spiro atoms. The second kappa shape index (κ2) is 4.97. The first kappa shape index (κ1) is 14.1. The summed E-state index contributed by atoms with van der Waals surface area (Å²) in [7, 11) is 0. The number of nitrogens with two attached hydrogens (primary N) is 1. The quantitative estimate of drug-likeness (QED) is 0.912. The third-order valence-electron chi connectivity index (χ3n) is 3.70. The van der Waals surface area contributed by atoms with Crippen molar-refractivity contribution in [1.29, 1.82) is 0 Å². The molecule has 1 atom stereocenters. The summed E-state index contributed by atoms with van der Waals surface area (Å²) in [6, 6.07) is 6.37. The standard InChI is InChI=1S/C16H25N3/c1-6-11(2)15-18-13-9-12(10-17)7-8-14(13)19(15)16(3,4)5/h7-9,11H,6,10,17H2,1-5H3. The fourth-order valence-corrected chi connectivity index (χ4v) is 2.49. The second-order valence-electron chi connectivity index (χ2n) is 6.31. The van der Waals surface area contributed by atoms with Gasteiger partial charge >= 0.3 is 0 Å². The molecule has 19 heavy (non-hydrogen) atoms. The fraction of sp³-hybridized carbons (Fsp3) is 0.562. The number of rotatable bonds is 3. The summed E-state index contributed by atoms with van der Waals surface area (Å²) in [5.74, 6) is 1.65. The van der Waals surface area contributed by atoms with Crippen molar-refractivity contribution in [1.82, 2.24) is 9.55 Å². The van der Waals surface area contributed by atoms with Crippen molar-refractivity contribution >= 4 is 11.0 Å². The van der Waals surface area contributed by atoms with Crippen LogP contribution in [0.5, 0.6) is 0 Å². The van der Waals surface area contributed by atoms with E-state index in [1.165, 1.54) is 11.3 Å². The molecule has 2 aromatic rings. The number of hydrogen-bond acceptors (Lipinski definition) is 2. The molecule has 0 saturated heterocycles. The summed E-state index contributed by atoms with van der Waals surface area (Å²) in [4.78, 5) is 4.87. The van der Waals surface area contributed by atoms with Crippen LogP contribution in [-0.4, -0.2) is 9.55 Å². The van der Waals surface area contributed by atoms with Gasteiger partial charge in [-0.05, 0) is 44.9 Å². The molecule has 0 bridgehead atoms. The van der Waals surface area contributed by atoms with Crippen LogP contribution in [-0.2, 0) is 12.1 Å².